The van der Waals surface area contributed by atoms with Gasteiger partial charge in [0.1, 0.15) is 5.82 Å². The van der Waals surface area contributed by atoms with Crippen LogP contribution in [0.15, 0.2) is 36.4 Å². The average molecular weight is 312 g/mol. The summed E-state index contributed by atoms with van der Waals surface area (Å²) in [5.74, 6) is -0.278. The van der Waals surface area contributed by atoms with Gasteiger partial charge in [-0.25, -0.2) is 4.39 Å². The van der Waals surface area contributed by atoms with Gasteiger partial charge in [-0.15, -0.1) is 0 Å². The predicted octanol–water partition coefficient (Wildman–Crippen LogP) is 4.94. The van der Waals surface area contributed by atoms with Gasteiger partial charge in [0.05, 0.1) is 0 Å². The minimum atomic E-state index is -0.278. The maximum absolute atomic E-state index is 13.5. The molecule has 1 atom stereocenters. The van der Waals surface area contributed by atoms with E-state index in [0.717, 1.165) is 17.5 Å². The van der Waals surface area contributed by atoms with Crippen LogP contribution in [-0.4, -0.2) is 7.05 Å². The van der Waals surface area contributed by atoms with E-state index < -0.39 is 0 Å². The number of benzene rings is 2. The van der Waals surface area contributed by atoms with Gasteiger partial charge >= 0.3 is 0 Å². The molecule has 20 heavy (non-hydrogen) atoms. The van der Waals surface area contributed by atoms with E-state index in [9.17, 15) is 4.39 Å². The quantitative estimate of drug-likeness (QED) is 0.843. The van der Waals surface area contributed by atoms with Crippen molar-refractivity contribution in [3.8, 4) is 0 Å². The molecule has 0 fully saturated rings. The van der Waals surface area contributed by atoms with Crippen LogP contribution in [0, 0.1) is 12.7 Å². The predicted molar refractivity (Wildman–Crippen MR) is 83.1 cm³/mol. The van der Waals surface area contributed by atoms with Crippen LogP contribution in [0.5, 0.6) is 0 Å². The first-order chi connectivity index (χ1) is 9.51. The summed E-state index contributed by atoms with van der Waals surface area (Å²) in [6.07, 6.45) is 0.762. The molecule has 1 N–H and O–H groups in total. The van der Waals surface area contributed by atoms with Crippen molar-refractivity contribution in [3.05, 3.63) is 69.0 Å². The average Bonchev–Trinajstić information content (AvgIpc) is 2.43. The Hall–Kier alpha value is -1.09. The topological polar surface area (TPSA) is 12.0 Å². The number of nitrogens with one attached hydrogen (secondary N) is 1. The zero-order chi connectivity index (χ0) is 14.7. The Balaban J connectivity index is 2.28. The molecule has 0 spiro atoms. The fraction of sp³-hybridized carbons (Fsp3) is 0.250. The molecule has 0 aliphatic carbocycles. The van der Waals surface area contributed by atoms with E-state index in [0.29, 0.717) is 15.6 Å². The van der Waals surface area contributed by atoms with Crippen molar-refractivity contribution in [3.63, 3.8) is 0 Å². The Bertz CT molecular complexity index is 596. The minimum absolute atomic E-state index is 0.0305. The van der Waals surface area contributed by atoms with Gasteiger partial charge in [-0.05, 0) is 55.3 Å². The van der Waals surface area contributed by atoms with Gasteiger partial charge < -0.3 is 5.32 Å². The van der Waals surface area contributed by atoms with Crippen molar-refractivity contribution < 1.29 is 4.39 Å². The second-order valence-corrected chi connectivity index (χ2v) is 5.64. The first-order valence-electron chi connectivity index (χ1n) is 6.38. The first-order valence-corrected chi connectivity index (χ1v) is 7.14. The van der Waals surface area contributed by atoms with E-state index in [4.69, 9.17) is 23.2 Å². The molecule has 0 aliphatic heterocycles. The Labute approximate surface area is 128 Å². The van der Waals surface area contributed by atoms with E-state index in [2.05, 4.69) is 5.32 Å². The van der Waals surface area contributed by atoms with Crippen LogP contribution in [0.2, 0.25) is 10.0 Å². The lowest BCUT2D eigenvalue weighted by Gasteiger charge is -2.19. The van der Waals surface area contributed by atoms with Crippen LogP contribution in [0.4, 0.5) is 4.39 Å². The maximum Gasteiger partial charge on any atom is 0.127 e. The number of halogens is 3. The van der Waals surface area contributed by atoms with Crippen LogP contribution in [0.1, 0.15) is 22.7 Å². The van der Waals surface area contributed by atoms with Crippen LogP contribution >= 0.6 is 23.2 Å². The lowest BCUT2D eigenvalue weighted by atomic mass is 9.97. The molecule has 0 aliphatic rings. The highest BCUT2D eigenvalue weighted by atomic mass is 35.5. The Morgan fingerprint density at radius 2 is 1.80 bits per heavy atom. The molecule has 1 nitrogen and oxygen atoms in total. The Morgan fingerprint density at radius 3 is 2.40 bits per heavy atom. The second-order valence-electron chi connectivity index (χ2n) is 4.79. The lowest BCUT2D eigenvalue weighted by molar-refractivity contribution is 0.583. The molecular formula is C16H16Cl2FN. The molecular weight excluding hydrogens is 296 g/mol. The normalized spacial score (nSPS) is 12.4. The van der Waals surface area contributed by atoms with Gasteiger partial charge in [-0.1, -0.05) is 41.4 Å². The maximum atomic E-state index is 13.5. The van der Waals surface area contributed by atoms with Gasteiger partial charge in [0.25, 0.3) is 0 Å². The zero-order valence-electron chi connectivity index (χ0n) is 11.4. The van der Waals surface area contributed by atoms with Gasteiger partial charge in [0.15, 0.2) is 0 Å². The van der Waals surface area contributed by atoms with Crippen molar-refractivity contribution in [2.45, 2.75) is 19.4 Å². The van der Waals surface area contributed by atoms with Crippen LogP contribution in [0.25, 0.3) is 0 Å². The fourth-order valence-electron chi connectivity index (χ4n) is 2.17. The third kappa shape index (κ3) is 3.51. The Kier molecular flexibility index (Phi) is 5.03. The lowest BCUT2D eigenvalue weighted by Crippen LogP contribution is -2.19. The van der Waals surface area contributed by atoms with Crippen molar-refractivity contribution >= 4 is 23.2 Å². The summed E-state index contributed by atoms with van der Waals surface area (Å²) in [6.45, 7) is 1.74. The molecule has 2 aromatic carbocycles. The summed E-state index contributed by atoms with van der Waals surface area (Å²) < 4.78 is 13.5. The van der Waals surface area contributed by atoms with Gasteiger partial charge in [-0.2, -0.15) is 0 Å². The van der Waals surface area contributed by atoms with Crippen molar-refractivity contribution in [2.24, 2.45) is 0 Å². The highest BCUT2D eigenvalue weighted by Gasteiger charge is 2.15. The van der Waals surface area contributed by atoms with E-state index in [1.165, 1.54) is 6.07 Å². The summed E-state index contributed by atoms with van der Waals surface area (Å²) in [7, 11) is 1.87. The molecule has 2 aromatic rings. The number of likely N-dealkylation sites (N-methyl/N-ethyl adjacent to an activating group) is 1. The van der Waals surface area contributed by atoms with Gasteiger partial charge in [0, 0.05) is 16.1 Å². The highest BCUT2D eigenvalue weighted by Crippen LogP contribution is 2.28. The third-order valence-corrected chi connectivity index (χ3v) is 3.93. The van der Waals surface area contributed by atoms with Gasteiger partial charge in [-0.3, -0.25) is 0 Å². The molecule has 0 saturated heterocycles. The van der Waals surface area contributed by atoms with Crippen molar-refractivity contribution in [1.29, 1.82) is 0 Å². The minimum Gasteiger partial charge on any atom is -0.313 e. The second kappa shape index (κ2) is 6.57. The molecule has 0 amide bonds. The largest absolute Gasteiger partial charge is 0.313 e. The summed E-state index contributed by atoms with van der Waals surface area (Å²) in [4.78, 5) is 0. The molecule has 0 bridgehead atoms. The molecule has 1 unspecified atom stereocenters. The fourth-order valence-corrected chi connectivity index (χ4v) is 2.58. The van der Waals surface area contributed by atoms with Crippen molar-refractivity contribution in [2.75, 3.05) is 7.05 Å². The molecule has 106 valence electrons. The highest BCUT2D eigenvalue weighted by molar-refractivity contribution is 6.31. The standard InChI is InChI=1S/C16H16Cl2FN/c1-10-7-13(14(18)9-15(10)19)16(20-2)8-11-3-5-12(17)6-4-11/h3-7,9,16,20H,8H2,1-2H3. The number of hydrogen-bond donors (Lipinski definition) is 1. The summed E-state index contributed by atoms with van der Waals surface area (Å²) >= 11 is 12.0. The van der Waals surface area contributed by atoms with Crippen LogP contribution in [0.3, 0.4) is 0 Å². The molecule has 0 radical (unpaired) electrons. The monoisotopic (exact) mass is 311 g/mol. The molecule has 0 heterocycles. The molecule has 0 aromatic heterocycles. The number of rotatable bonds is 4. The molecule has 4 heteroatoms. The number of hydrogen-bond acceptors (Lipinski definition) is 1. The Morgan fingerprint density at radius 1 is 1.15 bits per heavy atom. The first kappa shape index (κ1) is 15.3. The van der Waals surface area contributed by atoms with Crippen LogP contribution < -0.4 is 5.32 Å². The van der Waals surface area contributed by atoms with E-state index >= 15 is 0 Å². The summed E-state index contributed by atoms with van der Waals surface area (Å²) in [6, 6.07) is 10.9. The SMILES string of the molecule is CNC(Cc1ccc(Cl)cc1)c1cc(C)c(F)cc1Cl. The van der Waals surface area contributed by atoms with Gasteiger partial charge in [0.2, 0.25) is 0 Å². The van der Waals surface area contributed by atoms with Crippen LogP contribution in [-0.2, 0) is 6.42 Å². The molecule has 2 rings (SSSR count). The zero-order valence-corrected chi connectivity index (χ0v) is 12.9. The third-order valence-electron chi connectivity index (χ3n) is 3.35. The number of aryl methyl sites for hydroxylation is 1. The van der Waals surface area contributed by atoms with Crippen molar-refractivity contribution in [1.82, 2.24) is 5.32 Å². The van der Waals surface area contributed by atoms with E-state index in [1.54, 1.807) is 13.0 Å². The molecule has 0 saturated carbocycles. The van der Waals surface area contributed by atoms with E-state index in [1.807, 2.05) is 31.3 Å². The smallest absolute Gasteiger partial charge is 0.127 e. The summed E-state index contributed by atoms with van der Waals surface area (Å²) in [5.41, 5.74) is 2.65. The van der Waals surface area contributed by atoms with E-state index in [-0.39, 0.29) is 11.9 Å². The summed E-state index contributed by atoms with van der Waals surface area (Å²) in [5, 5.41) is 4.39.